The first kappa shape index (κ1) is 17.9. The van der Waals surface area contributed by atoms with Gasteiger partial charge in [0.1, 0.15) is 5.39 Å². The van der Waals surface area contributed by atoms with Gasteiger partial charge in [-0.3, -0.25) is 13.9 Å². The highest BCUT2D eigenvalue weighted by atomic mass is 16.2. The third kappa shape index (κ3) is 3.27. The lowest BCUT2D eigenvalue weighted by Crippen LogP contribution is -2.38. The van der Waals surface area contributed by atoms with Gasteiger partial charge in [0, 0.05) is 33.4 Å². The standard InChI is InChI=1S/C20H24N4O2/c1-4-5-13-24(14-15-9-7-6-8-10-15)16-11-12-21-18-17(16)19(25)23(3)20(26)22(18)2/h6-12H,4-5,13-14H2,1-3H3. The molecular formula is C20H24N4O2. The van der Waals surface area contributed by atoms with E-state index in [4.69, 9.17) is 0 Å². The highest BCUT2D eigenvalue weighted by Gasteiger charge is 2.17. The molecular weight excluding hydrogens is 328 g/mol. The second kappa shape index (κ2) is 7.56. The zero-order valence-corrected chi connectivity index (χ0v) is 15.5. The van der Waals surface area contributed by atoms with Crippen LogP contribution in [0.3, 0.4) is 0 Å². The average Bonchev–Trinajstić information content (AvgIpc) is 2.68. The summed E-state index contributed by atoms with van der Waals surface area (Å²) in [6.45, 7) is 3.68. The van der Waals surface area contributed by atoms with Crippen LogP contribution in [0.5, 0.6) is 0 Å². The number of benzene rings is 1. The summed E-state index contributed by atoms with van der Waals surface area (Å²) in [6, 6.07) is 12.0. The molecule has 3 aromatic rings. The summed E-state index contributed by atoms with van der Waals surface area (Å²) in [7, 11) is 3.16. The fraction of sp³-hybridized carbons (Fsp3) is 0.350. The Balaban J connectivity index is 2.19. The number of hydrogen-bond acceptors (Lipinski definition) is 4. The summed E-state index contributed by atoms with van der Waals surface area (Å²) < 4.78 is 2.58. The molecule has 136 valence electrons. The summed E-state index contributed by atoms with van der Waals surface area (Å²) in [5, 5.41) is 0.490. The summed E-state index contributed by atoms with van der Waals surface area (Å²) in [5.41, 5.74) is 1.75. The van der Waals surface area contributed by atoms with Crippen LogP contribution in [0.15, 0.2) is 52.2 Å². The van der Waals surface area contributed by atoms with E-state index in [1.807, 2.05) is 24.3 Å². The van der Waals surface area contributed by atoms with E-state index in [9.17, 15) is 9.59 Å². The summed E-state index contributed by atoms with van der Waals surface area (Å²) in [4.78, 5) is 31.6. The van der Waals surface area contributed by atoms with Crippen molar-refractivity contribution in [1.29, 1.82) is 0 Å². The maximum atomic E-state index is 12.8. The van der Waals surface area contributed by atoms with Crippen molar-refractivity contribution in [3.05, 3.63) is 69.0 Å². The number of unbranched alkanes of at least 4 members (excludes halogenated alkanes) is 1. The first-order valence-electron chi connectivity index (χ1n) is 8.88. The molecule has 0 saturated carbocycles. The van der Waals surface area contributed by atoms with Crippen LogP contribution in [0.25, 0.3) is 11.0 Å². The van der Waals surface area contributed by atoms with Gasteiger partial charge in [0.15, 0.2) is 5.65 Å². The van der Waals surface area contributed by atoms with E-state index in [2.05, 4.69) is 28.9 Å². The zero-order chi connectivity index (χ0) is 18.7. The number of anilines is 1. The molecule has 0 aliphatic rings. The number of pyridine rings is 1. The molecule has 6 heteroatoms. The predicted molar refractivity (Wildman–Crippen MR) is 105 cm³/mol. The molecule has 3 rings (SSSR count). The summed E-state index contributed by atoms with van der Waals surface area (Å²) >= 11 is 0. The van der Waals surface area contributed by atoms with Crippen molar-refractivity contribution in [3.8, 4) is 0 Å². The van der Waals surface area contributed by atoms with E-state index in [-0.39, 0.29) is 11.2 Å². The lowest BCUT2D eigenvalue weighted by molar-refractivity contribution is 0.699. The van der Waals surface area contributed by atoms with Crippen LogP contribution >= 0.6 is 0 Å². The van der Waals surface area contributed by atoms with Crippen molar-refractivity contribution in [2.45, 2.75) is 26.3 Å². The highest BCUT2D eigenvalue weighted by molar-refractivity contribution is 5.88. The first-order chi connectivity index (χ1) is 12.5. The topological polar surface area (TPSA) is 60.1 Å². The average molecular weight is 352 g/mol. The molecule has 0 amide bonds. The van der Waals surface area contributed by atoms with Crippen molar-refractivity contribution >= 4 is 16.7 Å². The molecule has 0 unspecified atom stereocenters. The lowest BCUT2D eigenvalue weighted by atomic mass is 10.1. The molecule has 6 nitrogen and oxygen atoms in total. The Morgan fingerprint density at radius 2 is 1.77 bits per heavy atom. The first-order valence-corrected chi connectivity index (χ1v) is 8.88. The summed E-state index contributed by atoms with van der Waals surface area (Å²) in [5.74, 6) is 0. The fourth-order valence-electron chi connectivity index (χ4n) is 3.17. The van der Waals surface area contributed by atoms with Crippen LogP contribution in [0.4, 0.5) is 5.69 Å². The smallest absolute Gasteiger partial charge is 0.332 e. The minimum absolute atomic E-state index is 0.305. The van der Waals surface area contributed by atoms with Gasteiger partial charge in [-0.2, -0.15) is 0 Å². The Bertz CT molecular complexity index is 1020. The molecule has 0 radical (unpaired) electrons. The van der Waals surface area contributed by atoms with Crippen LogP contribution in [-0.2, 0) is 20.6 Å². The van der Waals surface area contributed by atoms with E-state index in [0.29, 0.717) is 17.6 Å². The number of fused-ring (bicyclic) bond motifs is 1. The maximum absolute atomic E-state index is 12.8. The third-order valence-electron chi connectivity index (χ3n) is 4.66. The minimum Gasteiger partial charge on any atom is -0.366 e. The van der Waals surface area contributed by atoms with Gasteiger partial charge >= 0.3 is 5.69 Å². The second-order valence-corrected chi connectivity index (χ2v) is 6.50. The minimum atomic E-state index is -0.365. The summed E-state index contributed by atoms with van der Waals surface area (Å²) in [6.07, 6.45) is 3.74. The Kier molecular flexibility index (Phi) is 5.21. The number of nitrogens with zero attached hydrogens (tertiary/aromatic N) is 4. The lowest BCUT2D eigenvalue weighted by Gasteiger charge is -2.26. The van der Waals surface area contributed by atoms with Gasteiger partial charge in [0.25, 0.3) is 5.56 Å². The molecule has 0 bridgehead atoms. The molecule has 0 spiro atoms. The van der Waals surface area contributed by atoms with E-state index < -0.39 is 0 Å². The molecule has 2 aromatic heterocycles. The molecule has 0 atom stereocenters. The Hall–Kier alpha value is -2.89. The van der Waals surface area contributed by atoms with E-state index in [1.54, 1.807) is 13.2 Å². The number of hydrogen-bond donors (Lipinski definition) is 0. The van der Waals surface area contributed by atoms with Gasteiger partial charge in [-0.1, -0.05) is 43.7 Å². The molecule has 2 heterocycles. The maximum Gasteiger partial charge on any atom is 0.332 e. The van der Waals surface area contributed by atoms with Crippen LogP contribution in [0.1, 0.15) is 25.3 Å². The fourth-order valence-corrected chi connectivity index (χ4v) is 3.17. The van der Waals surface area contributed by atoms with E-state index in [1.165, 1.54) is 17.2 Å². The second-order valence-electron chi connectivity index (χ2n) is 6.50. The van der Waals surface area contributed by atoms with Crippen molar-refractivity contribution in [3.63, 3.8) is 0 Å². The van der Waals surface area contributed by atoms with Crippen LogP contribution in [0.2, 0.25) is 0 Å². The van der Waals surface area contributed by atoms with Crippen molar-refractivity contribution in [2.24, 2.45) is 14.1 Å². The molecule has 0 aliphatic carbocycles. The highest BCUT2D eigenvalue weighted by Crippen LogP contribution is 2.24. The molecule has 0 saturated heterocycles. The SMILES string of the molecule is CCCCN(Cc1ccccc1)c1ccnc2c1c(=O)n(C)c(=O)n2C. The van der Waals surface area contributed by atoms with E-state index in [0.717, 1.165) is 29.6 Å². The Morgan fingerprint density at radius 1 is 1.04 bits per heavy atom. The monoisotopic (exact) mass is 352 g/mol. The van der Waals surface area contributed by atoms with Gasteiger partial charge in [-0.25, -0.2) is 9.78 Å². The van der Waals surface area contributed by atoms with Crippen molar-refractivity contribution in [2.75, 3.05) is 11.4 Å². The third-order valence-corrected chi connectivity index (χ3v) is 4.66. The number of aromatic nitrogens is 3. The largest absolute Gasteiger partial charge is 0.366 e. The normalized spacial score (nSPS) is 11.0. The van der Waals surface area contributed by atoms with Crippen LogP contribution in [-0.4, -0.2) is 20.7 Å². The molecule has 0 aliphatic heterocycles. The molecule has 0 fully saturated rings. The van der Waals surface area contributed by atoms with Crippen LogP contribution < -0.4 is 16.1 Å². The van der Waals surface area contributed by atoms with E-state index >= 15 is 0 Å². The van der Waals surface area contributed by atoms with Gasteiger partial charge < -0.3 is 4.90 Å². The number of aryl methyl sites for hydroxylation is 1. The quantitative estimate of drug-likeness (QED) is 0.684. The predicted octanol–water partition coefficient (Wildman–Crippen LogP) is 2.44. The van der Waals surface area contributed by atoms with Crippen molar-refractivity contribution < 1.29 is 0 Å². The molecule has 1 aromatic carbocycles. The number of rotatable bonds is 6. The Labute approximate surface area is 152 Å². The van der Waals surface area contributed by atoms with Gasteiger partial charge in [0.05, 0.1) is 5.69 Å². The molecule has 26 heavy (non-hydrogen) atoms. The van der Waals surface area contributed by atoms with Gasteiger partial charge in [0.2, 0.25) is 0 Å². The van der Waals surface area contributed by atoms with Gasteiger partial charge in [-0.15, -0.1) is 0 Å². The molecule has 0 N–H and O–H groups in total. The Morgan fingerprint density at radius 3 is 2.46 bits per heavy atom. The van der Waals surface area contributed by atoms with Gasteiger partial charge in [-0.05, 0) is 18.1 Å². The van der Waals surface area contributed by atoms with Crippen molar-refractivity contribution in [1.82, 2.24) is 14.1 Å². The van der Waals surface area contributed by atoms with Crippen LogP contribution in [0, 0.1) is 0 Å². The zero-order valence-electron chi connectivity index (χ0n) is 15.5.